The second-order valence-electron chi connectivity index (χ2n) is 4.41. The second-order valence-corrected chi connectivity index (χ2v) is 4.41. The van der Waals surface area contributed by atoms with E-state index >= 15 is 0 Å². The number of carbonyl (C=O) groups excluding carboxylic acids is 2. The van der Waals surface area contributed by atoms with Crippen molar-refractivity contribution in [2.45, 2.75) is 0 Å². The van der Waals surface area contributed by atoms with E-state index in [0.29, 0.717) is 0 Å². The first-order valence-electron chi connectivity index (χ1n) is 6.67. The number of hydrogen-bond donors (Lipinski definition) is 0. The Bertz CT molecular complexity index is 748. The van der Waals surface area contributed by atoms with Crippen LogP contribution < -0.4 is 0 Å². The van der Waals surface area contributed by atoms with Crippen LogP contribution in [0.25, 0.3) is 6.08 Å². The summed E-state index contributed by atoms with van der Waals surface area (Å²) in [6.45, 7) is 0. The van der Waals surface area contributed by atoms with Gasteiger partial charge in [0.25, 0.3) is 5.78 Å². The van der Waals surface area contributed by atoms with Crippen molar-refractivity contribution in [3.05, 3.63) is 77.4 Å². The highest BCUT2D eigenvalue weighted by molar-refractivity contribution is 6.42. The second kappa shape index (κ2) is 7.61. The highest BCUT2D eigenvalue weighted by Crippen LogP contribution is 2.08. The van der Waals surface area contributed by atoms with E-state index in [-0.39, 0.29) is 5.57 Å². The van der Waals surface area contributed by atoms with E-state index in [1.165, 1.54) is 7.11 Å². The first-order chi connectivity index (χ1) is 10.7. The number of benzene rings is 2. The lowest BCUT2D eigenvalue weighted by Crippen LogP contribution is -2.17. The maximum Gasteiger partial charge on any atom is 0.380 e. The Kier molecular flexibility index (Phi) is 5.28. The molecule has 3 nitrogen and oxygen atoms in total. The number of esters is 1. The molecule has 3 heteroatoms. The van der Waals surface area contributed by atoms with Crippen LogP contribution >= 0.6 is 0 Å². The Balaban J connectivity index is 2.39. The van der Waals surface area contributed by atoms with E-state index in [2.05, 4.69) is 16.6 Å². The van der Waals surface area contributed by atoms with Crippen LogP contribution in [0.5, 0.6) is 0 Å². The lowest BCUT2D eigenvalue weighted by Gasteiger charge is -1.99. The summed E-state index contributed by atoms with van der Waals surface area (Å²) in [5, 5.41) is 0. The number of rotatable bonds is 3. The molecule has 22 heavy (non-hydrogen) atoms. The molecule has 0 aromatic heterocycles. The molecular weight excluding hydrogens is 276 g/mol. The Morgan fingerprint density at radius 1 is 0.955 bits per heavy atom. The largest absolute Gasteiger partial charge is 0.463 e. The molecule has 0 saturated carbocycles. The quantitative estimate of drug-likeness (QED) is 0.378. The molecule has 0 bridgehead atoms. The van der Waals surface area contributed by atoms with Gasteiger partial charge in [0.15, 0.2) is 0 Å². The van der Waals surface area contributed by atoms with Gasteiger partial charge in [-0.05, 0) is 23.8 Å². The summed E-state index contributed by atoms with van der Waals surface area (Å²) in [5.74, 6) is 3.96. The Morgan fingerprint density at radius 2 is 1.55 bits per heavy atom. The normalized spacial score (nSPS) is 10.3. The van der Waals surface area contributed by atoms with Gasteiger partial charge in [-0.2, -0.15) is 0 Å². The first kappa shape index (κ1) is 15.3. The highest BCUT2D eigenvalue weighted by atomic mass is 16.5. The standard InChI is InChI=1S/C19H14O3/c1-22-19(21)18(20)17(14-16-10-6-3-7-11-16)13-12-15-8-4-2-5-9-15/h2-11,14H,1H3/b17-14+. The zero-order valence-corrected chi connectivity index (χ0v) is 12.1. The smallest absolute Gasteiger partial charge is 0.380 e. The van der Waals surface area contributed by atoms with Crippen LogP contribution in [0.2, 0.25) is 0 Å². The molecule has 2 aromatic rings. The van der Waals surface area contributed by atoms with E-state index in [9.17, 15) is 9.59 Å². The molecule has 0 saturated heterocycles. The van der Waals surface area contributed by atoms with Crippen molar-refractivity contribution in [1.29, 1.82) is 0 Å². The molecular formula is C19H14O3. The fourth-order valence-corrected chi connectivity index (χ4v) is 1.74. The van der Waals surface area contributed by atoms with Crippen molar-refractivity contribution in [2.24, 2.45) is 0 Å². The van der Waals surface area contributed by atoms with Crippen molar-refractivity contribution in [3.63, 3.8) is 0 Å². The van der Waals surface area contributed by atoms with Gasteiger partial charge in [0.1, 0.15) is 0 Å². The molecule has 0 aliphatic carbocycles. The first-order valence-corrected chi connectivity index (χ1v) is 6.67. The number of methoxy groups -OCH3 is 1. The Labute approximate surface area is 129 Å². The monoisotopic (exact) mass is 290 g/mol. The SMILES string of the molecule is COC(=O)C(=O)/C(C#Cc1ccccc1)=C/c1ccccc1. The van der Waals surface area contributed by atoms with Gasteiger partial charge in [0, 0.05) is 5.56 Å². The fourth-order valence-electron chi connectivity index (χ4n) is 1.74. The van der Waals surface area contributed by atoms with Crippen LogP contribution in [0.15, 0.2) is 66.2 Å². The van der Waals surface area contributed by atoms with Crippen LogP contribution in [0, 0.1) is 11.8 Å². The van der Waals surface area contributed by atoms with Crippen molar-refractivity contribution >= 4 is 17.8 Å². The summed E-state index contributed by atoms with van der Waals surface area (Å²) in [6.07, 6.45) is 1.58. The zero-order chi connectivity index (χ0) is 15.8. The maximum absolute atomic E-state index is 12.1. The lowest BCUT2D eigenvalue weighted by molar-refractivity contribution is -0.149. The number of ketones is 1. The summed E-state index contributed by atoms with van der Waals surface area (Å²) < 4.78 is 4.49. The van der Waals surface area contributed by atoms with Crippen LogP contribution in [-0.4, -0.2) is 18.9 Å². The molecule has 0 aliphatic heterocycles. The topological polar surface area (TPSA) is 43.4 Å². The third-order valence-corrected chi connectivity index (χ3v) is 2.84. The molecule has 0 radical (unpaired) electrons. The molecule has 0 N–H and O–H groups in total. The molecule has 0 fully saturated rings. The van der Waals surface area contributed by atoms with E-state index in [4.69, 9.17) is 0 Å². The predicted octanol–water partition coefficient (Wildman–Crippen LogP) is 2.86. The van der Waals surface area contributed by atoms with E-state index in [1.807, 2.05) is 60.7 Å². The molecule has 2 rings (SSSR count). The van der Waals surface area contributed by atoms with Crippen LogP contribution in [-0.2, 0) is 14.3 Å². The minimum atomic E-state index is -0.926. The van der Waals surface area contributed by atoms with Gasteiger partial charge < -0.3 is 4.74 Å². The van der Waals surface area contributed by atoms with Gasteiger partial charge in [-0.3, -0.25) is 4.79 Å². The minimum absolute atomic E-state index is 0.0990. The predicted molar refractivity (Wildman–Crippen MR) is 84.8 cm³/mol. The number of carbonyl (C=O) groups is 2. The highest BCUT2D eigenvalue weighted by Gasteiger charge is 2.18. The Morgan fingerprint density at radius 3 is 2.14 bits per heavy atom. The van der Waals surface area contributed by atoms with Crippen LogP contribution in [0.3, 0.4) is 0 Å². The van der Waals surface area contributed by atoms with Gasteiger partial charge in [-0.15, -0.1) is 0 Å². The number of Topliss-reactive ketones (excluding diaryl/α,β-unsaturated/α-hetero) is 1. The molecule has 0 amide bonds. The summed E-state index contributed by atoms with van der Waals surface area (Å²) in [6, 6.07) is 18.5. The van der Waals surface area contributed by atoms with Crippen LogP contribution in [0.1, 0.15) is 11.1 Å². The van der Waals surface area contributed by atoms with Gasteiger partial charge in [-0.25, -0.2) is 4.79 Å². The van der Waals surface area contributed by atoms with Gasteiger partial charge in [0.05, 0.1) is 12.7 Å². The summed E-state index contributed by atoms with van der Waals surface area (Å²) in [7, 11) is 1.17. The van der Waals surface area contributed by atoms with Gasteiger partial charge in [0.2, 0.25) is 0 Å². The molecule has 0 unspecified atom stereocenters. The van der Waals surface area contributed by atoms with Crippen LogP contribution in [0.4, 0.5) is 0 Å². The number of hydrogen-bond acceptors (Lipinski definition) is 3. The van der Waals surface area contributed by atoms with Gasteiger partial charge in [-0.1, -0.05) is 60.4 Å². The molecule has 108 valence electrons. The average Bonchev–Trinajstić information content (AvgIpc) is 2.59. The summed E-state index contributed by atoms with van der Waals surface area (Å²) in [4.78, 5) is 23.5. The van der Waals surface area contributed by atoms with E-state index < -0.39 is 11.8 Å². The van der Waals surface area contributed by atoms with Crippen molar-refractivity contribution in [2.75, 3.05) is 7.11 Å². The zero-order valence-electron chi connectivity index (χ0n) is 12.1. The van der Waals surface area contributed by atoms with Crippen molar-refractivity contribution in [1.82, 2.24) is 0 Å². The van der Waals surface area contributed by atoms with Gasteiger partial charge >= 0.3 is 5.97 Å². The molecule has 0 spiro atoms. The summed E-state index contributed by atoms with van der Waals surface area (Å²) in [5.41, 5.74) is 1.65. The van der Waals surface area contributed by atoms with Crippen molar-refractivity contribution in [3.8, 4) is 11.8 Å². The van der Waals surface area contributed by atoms with E-state index in [1.54, 1.807) is 6.08 Å². The fraction of sp³-hybridized carbons (Fsp3) is 0.0526. The lowest BCUT2D eigenvalue weighted by atomic mass is 10.1. The average molecular weight is 290 g/mol. The summed E-state index contributed by atoms with van der Waals surface area (Å²) >= 11 is 0. The molecule has 2 aromatic carbocycles. The third-order valence-electron chi connectivity index (χ3n) is 2.84. The molecule has 0 atom stereocenters. The maximum atomic E-state index is 12.1. The molecule has 0 heterocycles. The Hall–Kier alpha value is -3.12. The van der Waals surface area contributed by atoms with E-state index in [0.717, 1.165) is 11.1 Å². The minimum Gasteiger partial charge on any atom is -0.463 e. The number of ether oxygens (including phenoxy) is 1. The molecule has 0 aliphatic rings. The third kappa shape index (κ3) is 4.19. The van der Waals surface area contributed by atoms with Crippen molar-refractivity contribution < 1.29 is 14.3 Å².